The van der Waals surface area contributed by atoms with Gasteiger partial charge in [-0.15, -0.1) is 11.3 Å². The smallest absolute Gasteiger partial charge is 0.236 e. The third-order valence-electron chi connectivity index (χ3n) is 6.87. The topological polar surface area (TPSA) is 76.1 Å². The molecule has 2 aromatic carbocycles. The Kier molecular flexibility index (Phi) is 7.46. The van der Waals surface area contributed by atoms with E-state index in [-0.39, 0.29) is 28.5 Å². The second-order valence-corrected chi connectivity index (χ2v) is 10.6. The molecule has 7 nitrogen and oxygen atoms in total. The third-order valence-corrected chi connectivity index (χ3v) is 8.09. The van der Waals surface area contributed by atoms with Crippen LogP contribution in [0, 0.1) is 5.92 Å². The zero-order valence-electron chi connectivity index (χ0n) is 19.9. The Morgan fingerprint density at radius 1 is 1.03 bits per heavy atom. The Labute approximate surface area is 219 Å². The number of thiophene rings is 1. The molecule has 0 radical (unpaired) electrons. The van der Waals surface area contributed by atoms with E-state index in [0.29, 0.717) is 38.3 Å². The number of nitrogens with one attached hydrogen (secondary N) is 1. The molecule has 2 fully saturated rings. The predicted molar refractivity (Wildman–Crippen MR) is 145 cm³/mol. The zero-order chi connectivity index (χ0) is 25.1. The number of hydrogen-bond acceptors (Lipinski definition) is 6. The van der Waals surface area contributed by atoms with Crippen molar-refractivity contribution in [1.29, 1.82) is 0 Å². The number of piperazine rings is 1. The van der Waals surface area contributed by atoms with Crippen molar-refractivity contribution in [3.63, 3.8) is 0 Å². The Morgan fingerprint density at radius 3 is 2.61 bits per heavy atom. The molecule has 2 aliphatic rings. The van der Waals surface area contributed by atoms with Gasteiger partial charge in [-0.2, -0.15) is 0 Å². The molecular formula is C27H29ClN4O3S. The van der Waals surface area contributed by atoms with E-state index in [1.807, 2.05) is 4.90 Å². The molecule has 3 aromatic rings. The molecule has 0 saturated carbocycles. The number of halogens is 1. The molecule has 0 bridgehead atoms. The summed E-state index contributed by atoms with van der Waals surface area (Å²) in [6, 6.07) is 17.4. The summed E-state index contributed by atoms with van der Waals surface area (Å²) >= 11 is 7.67. The van der Waals surface area contributed by atoms with Crippen LogP contribution in [-0.2, 0) is 9.59 Å². The van der Waals surface area contributed by atoms with Crippen LogP contribution in [0.15, 0.2) is 60.0 Å². The Bertz CT molecular complexity index is 1230. The van der Waals surface area contributed by atoms with Gasteiger partial charge in [0.1, 0.15) is 5.75 Å². The largest absolute Gasteiger partial charge is 0.506 e. The second-order valence-electron chi connectivity index (χ2n) is 9.27. The molecule has 2 saturated heterocycles. The van der Waals surface area contributed by atoms with E-state index in [4.69, 9.17) is 11.6 Å². The van der Waals surface area contributed by atoms with Crippen LogP contribution < -0.4 is 10.2 Å². The highest BCUT2D eigenvalue weighted by atomic mass is 35.5. The van der Waals surface area contributed by atoms with Crippen LogP contribution >= 0.6 is 22.9 Å². The fraction of sp³-hybridized carbons (Fsp3) is 0.333. The van der Waals surface area contributed by atoms with Gasteiger partial charge in [-0.3, -0.25) is 14.5 Å². The molecule has 2 N–H and O–H groups in total. The van der Waals surface area contributed by atoms with Gasteiger partial charge < -0.3 is 20.2 Å². The number of carbonyl (C=O) groups excluding carboxylic acids is 2. The summed E-state index contributed by atoms with van der Waals surface area (Å²) in [5, 5.41) is 14.7. The lowest BCUT2D eigenvalue weighted by molar-refractivity contribution is -0.132. The number of aromatic hydroxyl groups is 1. The first-order valence-electron chi connectivity index (χ1n) is 12.1. The van der Waals surface area contributed by atoms with Gasteiger partial charge in [-0.25, -0.2) is 0 Å². The fourth-order valence-electron chi connectivity index (χ4n) is 4.82. The monoisotopic (exact) mass is 524 g/mol. The van der Waals surface area contributed by atoms with E-state index in [0.717, 1.165) is 19.6 Å². The van der Waals surface area contributed by atoms with Gasteiger partial charge in [0, 0.05) is 49.0 Å². The normalized spacial score (nSPS) is 18.4. The van der Waals surface area contributed by atoms with E-state index in [2.05, 4.69) is 56.9 Å². The number of carbonyl (C=O) groups is 2. The lowest BCUT2D eigenvalue weighted by atomic mass is 10.1. The van der Waals surface area contributed by atoms with Crippen molar-refractivity contribution in [3.8, 4) is 16.2 Å². The number of likely N-dealkylation sites (tertiary alicyclic amines) is 1. The number of nitrogens with zero attached hydrogens (tertiary/aromatic N) is 3. The van der Waals surface area contributed by atoms with Crippen molar-refractivity contribution < 1.29 is 14.7 Å². The van der Waals surface area contributed by atoms with Crippen LogP contribution in [0.4, 0.5) is 11.4 Å². The number of rotatable bonds is 6. The predicted octanol–water partition coefficient (Wildman–Crippen LogP) is 4.38. The van der Waals surface area contributed by atoms with Gasteiger partial charge in [0.15, 0.2) is 0 Å². The van der Waals surface area contributed by atoms with Gasteiger partial charge in [0.05, 0.1) is 17.5 Å². The number of phenolic OH excluding ortho intramolecular Hbond substituents is 1. The van der Waals surface area contributed by atoms with E-state index in [9.17, 15) is 14.7 Å². The number of phenols is 1. The molecule has 9 heteroatoms. The van der Waals surface area contributed by atoms with Crippen LogP contribution in [0.1, 0.15) is 6.42 Å². The molecule has 2 amide bonds. The summed E-state index contributed by atoms with van der Waals surface area (Å²) in [4.78, 5) is 33.2. The second kappa shape index (κ2) is 10.9. The standard InChI is InChI=1S/C27H29ClN4O3S/c28-23-16-21(6-7-24(23)33)29-27(35)20-8-9-30(17-20)18-26(34)32-12-10-31(11-13-32)22-4-1-3-19(15-22)25-5-2-14-36-25/h1-7,14-16,20,33H,8-13,17-18H2,(H,29,35)/t20-/m1/s1. The summed E-state index contributed by atoms with van der Waals surface area (Å²) in [6.45, 7) is 4.61. The SMILES string of the molecule is O=C(Nc1ccc(O)c(Cl)c1)[C@@H]1CCN(CC(=O)N2CCN(c3cccc(-c4cccs4)c3)CC2)C1. The van der Waals surface area contributed by atoms with Crippen LogP contribution in [0.3, 0.4) is 0 Å². The molecule has 1 atom stereocenters. The van der Waals surface area contributed by atoms with Gasteiger partial charge in [0.2, 0.25) is 11.8 Å². The molecule has 188 valence electrons. The van der Waals surface area contributed by atoms with Gasteiger partial charge in [0.25, 0.3) is 0 Å². The molecule has 5 rings (SSSR count). The van der Waals surface area contributed by atoms with E-state index in [1.54, 1.807) is 17.4 Å². The van der Waals surface area contributed by atoms with Crippen LogP contribution in [0.5, 0.6) is 5.75 Å². The van der Waals surface area contributed by atoms with Crippen LogP contribution in [0.2, 0.25) is 5.02 Å². The van der Waals surface area contributed by atoms with Gasteiger partial charge in [-0.05, 0) is 60.3 Å². The number of benzene rings is 2. The summed E-state index contributed by atoms with van der Waals surface area (Å²) in [6.07, 6.45) is 0.708. The minimum atomic E-state index is -0.183. The Hall–Kier alpha value is -3.07. The lowest BCUT2D eigenvalue weighted by Gasteiger charge is -2.37. The average molecular weight is 525 g/mol. The summed E-state index contributed by atoms with van der Waals surface area (Å²) < 4.78 is 0. The Morgan fingerprint density at radius 2 is 1.86 bits per heavy atom. The van der Waals surface area contributed by atoms with E-state index in [1.165, 1.54) is 28.3 Å². The fourth-order valence-corrected chi connectivity index (χ4v) is 5.73. The highest BCUT2D eigenvalue weighted by molar-refractivity contribution is 7.13. The third kappa shape index (κ3) is 5.67. The molecule has 0 aliphatic carbocycles. The Balaban J connectivity index is 1.09. The average Bonchev–Trinajstić information content (AvgIpc) is 3.59. The van der Waals surface area contributed by atoms with Crippen molar-refractivity contribution in [2.24, 2.45) is 5.92 Å². The number of amides is 2. The maximum absolute atomic E-state index is 13.0. The van der Waals surface area contributed by atoms with Crippen molar-refractivity contribution in [1.82, 2.24) is 9.80 Å². The zero-order valence-corrected chi connectivity index (χ0v) is 21.5. The minimum Gasteiger partial charge on any atom is -0.506 e. The molecule has 0 unspecified atom stereocenters. The van der Waals surface area contributed by atoms with Gasteiger partial charge in [-0.1, -0.05) is 29.8 Å². The molecule has 0 spiro atoms. The maximum Gasteiger partial charge on any atom is 0.236 e. The number of hydrogen-bond donors (Lipinski definition) is 2. The molecule has 2 aliphatic heterocycles. The van der Waals surface area contributed by atoms with Gasteiger partial charge >= 0.3 is 0 Å². The van der Waals surface area contributed by atoms with E-state index < -0.39 is 0 Å². The molecular weight excluding hydrogens is 496 g/mol. The van der Waals surface area contributed by atoms with Crippen LogP contribution in [-0.4, -0.2) is 72.5 Å². The highest BCUT2D eigenvalue weighted by Crippen LogP contribution is 2.29. The van der Waals surface area contributed by atoms with E-state index >= 15 is 0 Å². The highest BCUT2D eigenvalue weighted by Gasteiger charge is 2.31. The van der Waals surface area contributed by atoms with Crippen molar-refractivity contribution >= 4 is 46.1 Å². The quantitative estimate of drug-likeness (QED) is 0.468. The summed E-state index contributed by atoms with van der Waals surface area (Å²) in [5.41, 5.74) is 2.97. The summed E-state index contributed by atoms with van der Waals surface area (Å²) in [5.74, 6) is -0.177. The first-order chi connectivity index (χ1) is 17.5. The van der Waals surface area contributed by atoms with Crippen molar-refractivity contribution in [2.45, 2.75) is 6.42 Å². The first-order valence-corrected chi connectivity index (χ1v) is 13.4. The van der Waals surface area contributed by atoms with Crippen molar-refractivity contribution in [3.05, 3.63) is 65.0 Å². The lowest BCUT2D eigenvalue weighted by Crippen LogP contribution is -2.51. The maximum atomic E-state index is 13.0. The number of anilines is 2. The molecule has 1 aromatic heterocycles. The summed E-state index contributed by atoms with van der Waals surface area (Å²) in [7, 11) is 0. The van der Waals surface area contributed by atoms with Crippen LogP contribution in [0.25, 0.3) is 10.4 Å². The molecule has 3 heterocycles. The minimum absolute atomic E-state index is 0.0204. The molecule has 36 heavy (non-hydrogen) atoms. The van der Waals surface area contributed by atoms with Crippen molar-refractivity contribution in [2.75, 3.05) is 56.0 Å². The first kappa shape index (κ1) is 24.6.